The van der Waals surface area contributed by atoms with Gasteiger partial charge in [0.15, 0.2) is 0 Å². The molecule has 18 heavy (non-hydrogen) atoms. The van der Waals surface area contributed by atoms with Gasteiger partial charge in [-0.25, -0.2) is 13.8 Å². The molecule has 0 spiro atoms. The van der Waals surface area contributed by atoms with Crippen LogP contribution in [0.3, 0.4) is 0 Å². The lowest BCUT2D eigenvalue weighted by molar-refractivity contribution is 0.346. The molecule has 1 heterocycles. The first-order chi connectivity index (χ1) is 8.64. The van der Waals surface area contributed by atoms with Gasteiger partial charge in [0.05, 0.1) is 4.90 Å². The first kappa shape index (κ1) is 13.3. The smallest absolute Gasteiger partial charge is 0.243 e. The van der Waals surface area contributed by atoms with Gasteiger partial charge in [-0.3, -0.25) is 0 Å². The Bertz CT molecular complexity index is 479. The van der Waals surface area contributed by atoms with E-state index >= 15 is 0 Å². The molecule has 1 saturated heterocycles. The summed E-state index contributed by atoms with van der Waals surface area (Å²) in [5, 5.41) is 0. The van der Waals surface area contributed by atoms with Crippen LogP contribution in [0.1, 0.15) is 19.3 Å². The zero-order chi connectivity index (χ0) is 13.0. The second-order valence-corrected chi connectivity index (χ2v) is 6.30. The Morgan fingerprint density at radius 1 is 1.06 bits per heavy atom. The largest absolute Gasteiger partial charge is 0.322 e. The van der Waals surface area contributed by atoms with Crippen molar-refractivity contribution in [3.05, 3.63) is 24.3 Å². The first-order valence-electron chi connectivity index (χ1n) is 6.17. The van der Waals surface area contributed by atoms with Crippen molar-refractivity contribution < 1.29 is 8.42 Å². The van der Waals surface area contributed by atoms with Crippen molar-refractivity contribution >= 4 is 15.7 Å². The Morgan fingerprint density at radius 3 is 2.22 bits per heavy atom. The predicted octanol–water partition coefficient (Wildman–Crippen LogP) is 1.41. The average Bonchev–Trinajstić information content (AvgIpc) is 2.41. The molecule has 1 aromatic rings. The van der Waals surface area contributed by atoms with Gasteiger partial charge in [-0.1, -0.05) is 6.42 Å². The number of anilines is 1. The van der Waals surface area contributed by atoms with Crippen LogP contribution in [-0.2, 0) is 10.0 Å². The number of hydrazine groups is 1. The summed E-state index contributed by atoms with van der Waals surface area (Å²) in [6.45, 7) is 1.28. The van der Waals surface area contributed by atoms with Gasteiger partial charge in [0.25, 0.3) is 0 Å². The van der Waals surface area contributed by atoms with Crippen LogP contribution < -0.4 is 10.9 Å². The molecule has 1 fully saturated rings. The topological polar surface area (TPSA) is 61.4 Å². The summed E-state index contributed by atoms with van der Waals surface area (Å²) >= 11 is 0. The summed E-state index contributed by atoms with van der Waals surface area (Å²) in [5.41, 5.74) is 6.55. The molecule has 100 valence electrons. The minimum absolute atomic E-state index is 0.367. The van der Waals surface area contributed by atoms with Crippen molar-refractivity contribution in [3.8, 4) is 0 Å². The molecular formula is C12H19N3O2S. The van der Waals surface area contributed by atoms with Gasteiger partial charge in [-0.15, -0.1) is 0 Å². The molecule has 1 aliphatic rings. The molecule has 2 N–H and O–H groups in total. The number of piperidine rings is 1. The van der Waals surface area contributed by atoms with Gasteiger partial charge in [-0.2, -0.15) is 4.31 Å². The van der Waals surface area contributed by atoms with E-state index in [4.69, 9.17) is 0 Å². The Labute approximate surface area is 108 Å². The van der Waals surface area contributed by atoms with E-state index in [0.29, 0.717) is 18.0 Å². The van der Waals surface area contributed by atoms with Gasteiger partial charge in [0.2, 0.25) is 10.0 Å². The summed E-state index contributed by atoms with van der Waals surface area (Å²) in [6, 6.07) is 6.80. The van der Waals surface area contributed by atoms with Crippen molar-refractivity contribution in [2.75, 3.05) is 25.6 Å². The molecule has 2 rings (SSSR count). The van der Waals surface area contributed by atoms with Gasteiger partial charge in [0.1, 0.15) is 0 Å². The zero-order valence-corrected chi connectivity index (χ0v) is 11.3. The third-order valence-electron chi connectivity index (χ3n) is 3.08. The molecule has 0 radical (unpaired) electrons. The lowest BCUT2D eigenvalue weighted by Crippen LogP contribution is -2.35. The Morgan fingerprint density at radius 2 is 1.67 bits per heavy atom. The molecule has 0 saturated carbocycles. The minimum Gasteiger partial charge on any atom is -0.322 e. The molecule has 1 aromatic carbocycles. The maximum Gasteiger partial charge on any atom is 0.243 e. The average molecular weight is 269 g/mol. The molecule has 0 atom stereocenters. The zero-order valence-electron chi connectivity index (χ0n) is 10.5. The van der Waals surface area contributed by atoms with Crippen LogP contribution in [0, 0.1) is 0 Å². The van der Waals surface area contributed by atoms with Gasteiger partial charge < -0.3 is 5.43 Å². The van der Waals surface area contributed by atoms with Crippen LogP contribution in [-0.4, -0.2) is 32.9 Å². The maximum atomic E-state index is 12.3. The Balaban J connectivity index is 2.18. The van der Waals surface area contributed by atoms with Crippen LogP contribution in [0.2, 0.25) is 0 Å². The number of nitrogens with one attached hydrogen (secondary N) is 2. The standard InChI is InChI=1S/C12H19N3O2S/c1-13-14-11-5-7-12(8-6-11)18(16,17)15-9-3-2-4-10-15/h5-8,13-14H,2-4,9-10H2,1H3. The number of nitrogens with zero attached hydrogens (tertiary/aromatic N) is 1. The van der Waals surface area contributed by atoms with Crippen molar-refractivity contribution in [2.45, 2.75) is 24.2 Å². The summed E-state index contributed by atoms with van der Waals surface area (Å²) in [6.07, 6.45) is 3.04. The van der Waals surface area contributed by atoms with Crippen LogP contribution >= 0.6 is 0 Å². The number of sulfonamides is 1. The van der Waals surface area contributed by atoms with Crippen molar-refractivity contribution in [1.29, 1.82) is 0 Å². The van der Waals surface area contributed by atoms with Crippen LogP contribution in [0.25, 0.3) is 0 Å². The lowest BCUT2D eigenvalue weighted by atomic mass is 10.2. The number of benzene rings is 1. The van der Waals surface area contributed by atoms with E-state index in [9.17, 15) is 8.42 Å². The molecule has 6 heteroatoms. The number of hydrogen-bond acceptors (Lipinski definition) is 4. The second-order valence-electron chi connectivity index (χ2n) is 4.36. The lowest BCUT2D eigenvalue weighted by Gasteiger charge is -2.25. The Kier molecular flexibility index (Phi) is 4.21. The fraction of sp³-hybridized carbons (Fsp3) is 0.500. The number of hydrogen-bond donors (Lipinski definition) is 2. The van der Waals surface area contributed by atoms with E-state index in [-0.39, 0.29) is 0 Å². The normalized spacial score (nSPS) is 17.6. The molecule has 5 nitrogen and oxygen atoms in total. The highest BCUT2D eigenvalue weighted by Gasteiger charge is 2.25. The highest BCUT2D eigenvalue weighted by molar-refractivity contribution is 7.89. The monoisotopic (exact) mass is 269 g/mol. The third-order valence-corrected chi connectivity index (χ3v) is 4.99. The third kappa shape index (κ3) is 2.82. The van der Waals surface area contributed by atoms with E-state index < -0.39 is 10.0 Å². The van der Waals surface area contributed by atoms with Crippen LogP contribution in [0.5, 0.6) is 0 Å². The highest BCUT2D eigenvalue weighted by Crippen LogP contribution is 2.21. The molecular weight excluding hydrogens is 250 g/mol. The maximum absolute atomic E-state index is 12.3. The van der Waals surface area contributed by atoms with Gasteiger partial charge in [0, 0.05) is 25.8 Å². The van der Waals surface area contributed by atoms with E-state index in [2.05, 4.69) is 10.9 Å². The van der Waals surface area contributed by atoms with Crippen LogP contribution in [0.4, 0.5) is 5.69 Å². The summed E-state index contributed by atoms with van der Waals surface area (Å²) in [5.74, 6) is 0. The molecule has 1 aliphatic heterocycles. The van der Waals surface area contributed by atoms with Gasteiger partial charge in [-0.05, 0) is 37.1 Å². The van der Waals surface area contributed by atoms with E-state index in [1.54, 1.807) is 35.6 Å². The van der Waals surface area contributed by atoms with Crippen molar-refractivity contribution in [1.82, 2.24) is 9.73 Å². The number of rotatable bonds is 4. The van der Waals surface area contributed by atoms with Crippen molar-refractivity contribution in [3.63, 3.8) is 0 Å². The quantitative estimate of drug-likeness (QED) is 0.811. The van der Waals surface area contributed by atoms with E-state index in [0.717, 1.165) is 24.9 Å². The fourth-order valence-electron chi connectivity index (χ4n) is 2.11. The Hall–Kier alpha value is -1.11. The summed E-state index contributed by atoms with van der Waals surface area (Å²) in [4.78, 5) is 0.367. The minimum atomic E-state index is -3.31. The second kappa shape index (κ2) is 5.69. The highest BCUT2D eigenvalue weighted by atomic mass is 32.2. The molecule has 0 unspecified atom stereocenters. The van der Waals surface area contributed by atoms with Gasteiger partial charge >= 0.3 is 0 Å². The molecule has 0 aromatic heterocycles. The van der Waals surface area contributed by atoms with Crippen LogP contribution in [0.15, 0.2) is 29.2 Å². The first-order valence-corrected chi connectivity index (χ1v) is 7.61. The molecule has 0 amide bonds. The summed E-state index contributed by atoms with van der Waals surface area (Å²) < 4.78 is 26.3. The predicted molar refractivity (Wildman–Crippen MR) is 71.7 cm³/mol. The van der Waals surface area contributed by atoms with E-state index in [1.807, 2.05) is 0 Å². The van der Waals surface area contributed by atoms with Crippen molar-refractivity contribution in [2.24, 2.45) is 0 Å². The molecule has 0 bridgehead atoms. The van der Waals surface area contributed by atoms with E-state index in [1.165, 1.54) is 0 Å². The SMILES string of the molecule is CNNc1ccc(S(=O)(=O)N2CCCCC2)cc1. The summed E-state index contributed by atoms with van der Waals surface area (Å²) in [7, 11) is -1.55. The fourth-order valence-corrected chi connectivity index (χ4v) is 3.63. The molecule has 0 aliphatic carbocycles.